The van der Waals surface area contributed by atoms with Gasteiger partial charge in [-0.2, -0.15) is 13.2 Å². The maximum absolute atomic E-state index is 12.8. The Morgan fingerprint density at radius 3 is 2.59 bits per heavy atom. The van der Waals surface area contributed by atoms with Crippen LogP contribution < -0.4 is 10.8 Å². The fourth-order valence-corrected chi connectivity index (χ4v) is 2.05. The topological polar surface area (TPSA) is 38.5 Å². The number of hydrogen-bond acceptors (Lipinski definition) is 3. The Balaban J connectivity index is 2.27. The van der Waals surface area contributed by atoms with E-state index in [4.69, 9.17) is 5.90 Å². The summed E-state index contributed by atoms with van der Waals surface area (Å²) in [7, 11) is 0. The van der Waals surface area contributed by atoms with Crippen LogP contribution in [0.4, 0.5) is 18.9 Å². The van der Waals surface area contributed by atoms with E-state index in [0.29, 0.717) is 19.5 Å². The van der Waals surface area contributed by atoms with Crippen molar-refractivity contribution < 1.29 is 18.0 Å². The molecule has 3 nitrogen and oxygen atoms in total. The largest absolute Gasteiger partial charge is 0.418 e. The van der Waals surface area contributed by atoms with Gasteiger partial charge in [0.25, 0.3) is 0 Å². The van der Waals surface area contributed by atoms with Crippen molar-refractivity contribution in [2.45, 2.75) is 18.7 Å². The van der Waals surface area contributed by atoms with Crippen LogP contribution in [0.3, 0.4) is 0 Å². The average Bonchev–Trinajstić information content (AvgIpc) is 2.76. The number of hydrogen-bond donors (Lipinski definition) is 1. The molecule has 6 heteroatoms. The van der Waals surface area contributed by atoms with E-state index in [-0.39, 0.29) is 11.8 Å². The minimum absolute atomic E-state index is 0.194. The summed E-state index contributed by atoms with van der Waals surface area (Å²) >= 11 is 0. The van der Waals surface area contributed by atoms with E-state index in [1.165, 1.54) is 12.1 Å². The van der Waals surface area contributed by atoms with E-state index in [0.717, 1.165) is 6.07 Å². The Labute approximate surface area is 96.9 Å². The van der Waals surface area contributed by atoms with E-state index < -0.39 is 11.7 Å². The summed E-state index contributed by atoms with van der Waals surface area (Å²) in [5.74, 6) is 5.05. The van der Waals surface area contributed by atoms with Crippen molar-refractivity contribution >= 4 is 5.69 Å². The van der Waals surface area contributed by atoms with E-state index in [9.17, 15) is 13.2 Å². The van der Waals surface area contributed by atoms with Crippen LogP contribution >= 0.6 is 0 Å². The van der Waals surface area contributed by atoms with Crippen molar-refractivity contribution in [1.82, 2.24) is 0 Å². The minimum Gasteiger partial charge on any atom is -0.368 e. The molecular weight excluding hydrogens is 233 g/mol. The van der Waals surface area contributed by atoms with Crippen LogP contribution in [0.25, 0.3) is 0 Å². The van der Waals surface area contributed by atoms with Crippen LogP contribution in [0.2, 0.25) is 0 Å². The lowest BCUT2D eigenvalue weighted by molar-refractivity contribution is -0.137. The molecule has 1 saturated heterocycles. The molecule has 0 amide bonds. The molecule has 0 bridgehead atoms. The molecule has 1 aromatic rings. The second-order valence-corrected chi connectivity index (χ2v) is 4.01. The molecule has 17 heavy (non-hydrogen) atoms. The highest BCUT2D eigenvalue weighted by Gasteiger charge is 2.36. The zero-order valence-electron chi connectivity index (χ0n) is 9.07. The first-order chi connectivity index (χ1) is 8.02. The van der Waals surface area contributed by atoms with Crippen molar-refractivity contribution in [3.8, 4) is 0 Å². The first-order valence-corrected chi connectivity index (χ1v) is 5.29. The van der Waals surface area contributed by atoms with Crippen LogP contribution in [-0.4, -0.2) is 19.2 Å². The number of benzene rings is 1. The van der Waals surface area contributed by atoms with Gasteiger partial charge in [0, 0.05) is 18.8 Å². The Hall–Kier alpha value is -1.27. The molecule has 0 aliphatic carbocycles. The molecule has 1 heterocycles. The number of para-hydroxylation sites is 1. The van der Waals surface area contributed by atoms with Gasteiger partial charge in [0.1, 0.15) is 0 Å². The summed E-state index contributed by atoms with van der Waals surface area (Å²) in [5.41, 5.74) is -0.419. The maximum atomic E-state index is 12.8. The lowest BCUT2D eigenvalue weighted by Gasteiger charge is -2.22. The molecule has 0 saturated carbocycles. The Bertz CT molecular complexity index is 395. The fourth-order valence-electron chi connectivity index (χ4n) is 2.05. The molecule has 0 spiro atoms. The van der Waals surface area contributed by atoms with Crippen molar-refractivity contribution in [2.24, 2.45) is 5.90 Å². The Morgan fingerprint density at radius 2 is 2.00 bits per heavy atom. The quantitative estimate of drug-likeness (QED) is 0.813. The second-order valence-electron chi connectivity index (χ2n) is 4.01. The molecule has 0 radical (unpaired) electrons. The van der Waals surface area contributed by atoms with Gasteiger partial charge in [0.05, 0.1) is 11.7 Å². The van der Waals surface area contributed by atoms with Gasteiger partial charge >= 0.3 is 6.18 Å². The highest BCUT2D eigenvalue weighted by Crippen LogP contribution is 2.37. The summed E-state index contributed by atoms with van der Waals surface area (Å²) < 4.78 is 38.4. The molecule has 1 aromatic carbocycles. The molecule has 1 atom stereocenters. The minimum atomic E-state index is -4.34. The molecule has 1 aliphatic rings. The predicted molar refractivity (Wildman–Crippen MR) is 57.3 cm³/mol. The Morgan fingerprint density at radius 1 is 1.29 bits per heavy atom. The fraction of sp³-hybridized carbons (Fsp3) is 0.455. The first-order valence-electron chi connectivity index (χ1n) is 5.29. The third kappa shape index (κ3) is 2.53. The van der Waals surface area contributed by atoms with Gasteiger partial charge < -0.3 is 4.90 Å². The molecule has 0 aromatic heterocycles. The van der Waals surface area contributed by atoms with Crippen LogP contribution in [0.5, 0.6) is 0 Å². The molecule has 2 rings (SSSR count). The van der Waals surface area contributed by atoms with Gasteiger partial charge in [0.2, 0.25) is 0 Å². The third-order valence-electron chi connectivity index (χ3n) is 2.89. The summed E-state index contributed by atoms with van der Waals surface area (Å²) in [6.45, 7) is 0.915. The number of halogens is 3. The normalized spacial score (nSPS) is 20.9. The van der Waals surface area contributed by atoms with Gasteiger partial charge in [-0.15, -0.1) is 0 Å². The van der Waals surface area contributed by atoms with E-state index in [1.807, 2.05) is 0 Å². The molecule has 1 aliphatic heterocycles. The second kappa shape index (κ2) is 4.54. The number of nitrogens with two attached hydrogens (primary N) is 1. The standard InChI is InChI=1S/C11H13F3N2O/c12-11(13,14)9-3-1-2-4-10(9)16-6-5-8(7-16)17-15/h1-4,8H,5-7,15H2. The SMILES string of the molecule is NOC1CCN(c2ccccc2C(F)(F)F)C1. The van der Waals surface area contributed by atoms with E-state index >= 15 is 0 Å². The van der Waals surface area contributed by atoms with Crippen LogP contribution in [-0.2, 0) is 11.0 Å². The molecule has 94 valence electrons. The Kier molecular flexibility index (Phi) is 3.26. The van der Waals surface area contributed by atoms with Crippen LogP contribution in [0.15, 0.2) is 24.3 Å². The van der Waals surface area contributed by atoms with Crippen LogP contribution in [0.1, 0.15) is 12.0 Å². The molecule has 1 unspecified atom stereocenters. The smallest absolute Gasteiger partial charge is 0.368 e. The van der Waals surface area contributed by atoms with E-state index in [1.54, 1.807) is 11.0 Å². The van der Waals surface area contributed by atoms with Crippen molar-refractivity contribution in [2.75, 3.05) is 18.0 Å². The zero-order chi connectivity index (χ0) is 12.5. The van der Waals surface area contributed by atoms with Crippen molar-refractivity contribution in [1.29, 1.82) is 0 Å². The van der Waals surface area contributed by atoms with Gasteiger partial charge in [-0.1, -0.05) is 12.1 Å². The molecule has 2 N–H and O–H groups in total. The van der Waals surface area contributed by atoms with Gasteiger partial charge in [-0.25, -0.2) is 5.90 Å². The molecular formula is C11H13F3N2O. The van der Waals surface area contributed by atoms with Crippen molar-refractivity contribution in [3.63, 3.8) is 0 Å². The summed E-state index contributed by atoms with van der Waals surface area (Å²) in [6, 6.07) is 5.55. The predicted octanol–water partition coefficient (Wildman–Crippen LogP) is 2.17. The third-order valence-corrected chi connectivity index (χ3v) is 2.89. The van der Waals surface area contributed by atoms with Gasteiger partial charge in [-0.3, -0.25) is 4.84 Å². The number of rotatable bonds is 2. The number of alkyl halides is 3. The highest BCUT2D eigenvalue weighted by atomic mass is 19.4. The van der Waals surface area contributed by atoms with Crippen LogP contribution in [0, 0.1) is 0 Å². The lowest BCUT2D eigenvalue weighted by Crippen LogP contribution is -2.26. The highest BCUT2D eigenvalue weighted by molar-refractivity contribution is 5.55. The van der Waals surface area contributed by atoms with Gasteiger partial charge in [-0.05, 0) is 18.6 Å². The van der Waals surface area contributed by atoms with Crippen molar-refractivity contribution in [3.05, 3.63) is 29.8 Å². The monoisotopic (exact) mass is 246 g/mol. The number of nitrogens with zero attached hydrogens (tertiary/aromatic N) is 1. The average molecular weight is 246 g/mol. The molecule has 1 fully saturated rings. The van der Waals surface area contributed by atoms with E-state index in [2.05, 4.69) is 4.84 Å². The first kappa shape index (κ1) is 12.2. The maximum Gasteiger partial charge on any atom is 0.418 e. The summed E-state index contributed by atoms with van der Waals surface area (Å²) in [4.78, 5) is 6.32. The van der Waals surface area contributed by atoms with Gasteiger partial charge in [0.15, 0.2) is 0 Å². The summed E-state index contributed by atoms with van der Waals surface area (Å²) in [6.07, 6.45) is -3.89. The summed E-state index contributed by atoms with van der Waals surface area (Å²) in [5, 5.41) is 0. The zero-order valence-corrected chi connectivity index (χ0v) is 9.07. The number of anilines is 1. The lowest BCUT2D eigenvalue weighted by atomic mass is 10.1.